The van der Waals surface area contributed by atoms with E-state index in [1.54, 1.807) is 0 Å². The topological polar surface area (TPSA) is 42.7 Å². The van der Waals surface area contributed by atoms with Crippen LogP contribution in [0.2, 0.25) is 0 Å². The maximum atomic E-state index is 4.40. The van der Waals surface area contributed by atoms with E-state index in [1.165, 1.54) is 37.9 Å². The van der Waals surface area contributed by atoms with Crippen molar-refractivity contribution in [1.82, 2.24) is 20.1 Å². The molecule has 0 spiro atoms. The Kier molecular flexibility index (Phi) is 4.75. The highest BCUT2D eigenvalue weighted by Gasteiger charge is 2.19. The van der Waals surface area contributed by atoms with E-state index in [0.29, 0.717) is 12.1 Å². The zero-order chi connectivity index (χ0) is 13.0. The van der Waals surface area contributed by atoms with E-state index >= 15 is 0 Å². The third-order valence-corrected chi connectivity index (χ3v) is 3.78. The molecule has 2 unspecified atom stereocenters. The summed E-state index contributed by atoms with van der Waals surface area (Å²) in [5, 5.41) is 12.4. The second-order valence-electron chi connectivity index (χ2n) is 5.51. The molecule has 0 saturated heterocycles. The molecular weight excluding hydrogens is 224 g/mol. The molecule has 0 amide bonds. The fourth-order valence-electron chi connectivity index (χ4n) is 2.85. The number of nitrogens with zero attached hydrogens (tertiary/aromatic N) is 3. The van der Waals surface area contributed by atoms with Gasteiger partial charge < -0.3 is 9.88 Å². The molecule has 2 atom stereocenters. The third kappa shape index (κ3) is 3.10. The van der Waals surface area contributed by atoms with Crippen LogP contribution in [0.3, 0.4) is 0 Å². The van der Waals surface area contributed by atoms with Crippen molar-refractivity contribution >= 4 is 0 Å². The van der Waals surface area contributed by atoms with Crippen molar-refractivity contribution in [3.8, 4) is 0 Å². The first-order valence-electron chi connectivity index (χ1n) is 7.40. The van der Waals surface area contributed by atoms with Gasteiger partial charge in [-0.3, -0.25) is 0 Å². The molecule has 1 aliphatic heterocycles. The SMILES string of the molecule is CCCC(C)NC(C)c1nnc2n1CCCCC2. The maximum Gasteiger partial charge on any atom is 0.149 e. The molecule has 2 heterocycles. The minimum atomic E-state index is 0.297. The average Bonchev–Trinajstić information content (AvgIpc) is 2.59. The zero-order valence-corrected chi connectivity index (χ0v) is 11.9. The van der Waals surface area contributed by atoms with Gasteiger partial charge in [0, 0.05) is 19.0 Å². The quantitative estimate of drug-likeness (QED) is 0.874. The largest absolute Gasteiger partial charge is 0.314 e. The lowest BCUT2D eigenvalue weighted by Gasteiger charge is -2.20. The van der Waals surface area contributed by atoms with Crippen molar-refractivity contribution in [2.45, 2.75) is 77.9 Å². The average molecular weight is 250 g/mol. The molecule has 0 saturated carbocycles. The molecule has 0 aliphatic carbocycles. The first kappa shape index (κ1) is 13.5. The van der Waals surface area contributed by atoms with E-state index in [2.05, 4.69) is 40.9 Å². The summed E-state index contributed by atoms with van der Waals surface area (Å²) in [6, 6.07) is 0.842. The molecule has 0 fully saturated rings. The first-order valence-corrected chi connectivity index (χ1v) is 7.40. The highest BCUT2D eigenvalue weighted by Crippen LogP contribution is 2.19. The van der Waals surface area contributed by atoms with Crippen LogP contribution in [0.25, 0.3) is 0 Å². The van der Waals surface area contributed by atoms with Crippen molar-refractivity contribution in [2.75, 3.05) is 0 Å². The lowest BCUT2D eigenvalue weighted by atomic mass is 10.1. The molecule has 1 aromatic heterocycles. The number of aryl methyl sites for hydroxylation is 1. The molecular formula is C14H26N4. The van der Waals surface area contributed by atoms with Gasteiger partial charge in [-0.1, -0.05) is 19.8 Å². The number of aromatic nitrogens is 3. The number of nitrogens with one attached hydrogen (secondary N) is 1. The maximum absolute atomic E-state index is 4.40. The minimum Gasteiger partial charge on any atom is -0.314 e. The Morgan fingerprint density at radius 1 is 1.22 bits per heavy atom. The fourth-order valence-corrected chi connectivity index (χ4v) is 2.85. The molecule has 102 valence electrons. The van der Waals surface area contributed by atoms with Crippen LogP contribution in [-0.4, -0.2) is 20.8 Å². The highest BCUT2D eigenvalue weighted by atomic mass is 15.3. The summed E-state index contributed by atoms with van der Waals surface area (Å²) in [5.41, 5.74) is 0. The van der Waals surface area contributed by atoms with Crippen molar-refractivity contribution in [2.24, 2.45) is 0 Å². The number of rotatable bonds is 5. The van der Waals surface area contributed by atoms with Crippen LogP contribution < -0.4 is 5.32 Å². The van der Waals surface area contributed by atoms with Crippen LogP contribution in [0.1, 0.15) is 70.6 Å². The summed E-state index contributed by atoms with van der Waals surface area (Å²) >= 11 is 0. The minimum absolute atomic E-state index is 0.297. The molecule has 4 heteroatoms. The lowest BCUT2D eigenvalue weighted by Crippen LogP contribution is -2.30. The number of fused-ring (bicyclic) bond motifs is 1. The number of hydrogen-bond acceptors (Lipinski definition) is 3. The van der Waals surface area contributed by atoms with E-state index in [1.807, 2.05) is 0 Å². The molecule has 0 aromatic carbocycles. The van der Waals surface area contributed by atoms with Crippen LogP contribution in [0.5, 0.6) is 0 Å². The second kappa shape index (κ2) is 6.32. The number of hydrogen-bond donors (Lipinski definition) is 1. The Bertz CT molecular complexity index is 372. The lowest BCUT2D eigenvalue weighted by molar-refractivity contribution is 0.425. The fraction of sp³-hybridized carbons (Fsp3) is 0.857. The molecule has 0 bridgehead atoms. The smallest absolute Gasteiger partial charge is 0.149 e. The Balaban J connectivity index is 2.06. The van der Waals surface area contributed by atoms with Crippen molar-refractivity contribution < 1.29 is 0 Å². The van der Waals surface area contributed by atoms with Gasteiger partial charge in [-0.05, 0) is 33.1 Å². The van der Waals surface area contributed by atoms with Crippen LogP contribution >= 0.6 is 0 Å². The van der Waals surface area contributed by atoms with E-state index in [9.17, 15) is 0 Å². The van der Waals surface area contributed by atoms with Gasteiger partial charge in [0.1, 0.15) is 11.6 Å². The van der Waals surface area contributed by atoms with Crippen LogP contribution in [0, 0.1) is 0 Å². The predicted octanol–water partition coefficient (Wildman–Crippen LogP) is 2.84. The molecule has 4 nitrogen and oxygen atoms in total. The van der Waals surface area contributed by atoms with E-state index in [0.717, 1.165) is 18.8 Å². The van der Waals surface area contributed by atoms with Crippen molar-refractivity contribution in [3.05, 3.63) is 11.6 Å². The molecule has 1 aliphatic rings. The van der Waals surface area contributed by atoms with Gasteiger partial charge in [-0.2, -0.15) is 0 Å². The first-order chi connectivity index (χ1) is 8.72. The van der Waals surface area contributed by atoms with Gasteiger partial charge in [0.05, 0.1) is 6.04 Å². The molecule has 1 aromatic rings. The second-order valence-corrected chi connectivity index (χ2v) is 5.51. The van der Waals surface area contributed by atoms with E-state index < -0.39 is 0 Å². The predicted molar refractivity (Wildman–Crippen MR) is 73.5 cm³/mol. The molecule has 2 rings (SSSR count). The molecule has 18 heavy (non-hydrogen) atoms. The summed E-state index contributed by atoms with van der Waals surface area (Å²) in [4.78, 5) is 0. The van der Waals surface area contributed by atoms with Gasteiger partial charge >= 0.3 is 0 Å². The van der Waals surface area contributed by atoms with E-state index in [4.69, 9.17) is 0 Å². The molecule has 0 radical (unpaired) electrons. The zero-order valence-electron chi connectivity index (χ0n) is 11.9. The van der Waals surface area contributed by atoms with Gasteiger partial charge in [0.2, 0.25) is 0 Å². The van der Waals surface area contributed by atoms with Crippen LogP contribution in [0.15, 0.2) is 0 Å². The summed E-state index contributed by atoms with van der Waals surface area (Å²) in [6.45, 7) is 7.77. The van der Waals surface area contributed by atoms with Crippen LogP contribution in [-0.2, 0) is 13.0 Å². The summed E-state index contributed by atoms with van der Waals surface area (Å²) in [6.07, 6.45) is 7.35. The van der Waals surface area contributed by atoms with E-state index in [-0.39, 0.29) is 0 Å². The standard InChI is InChI=1S/C14H26N4/c1-4-8-11(2)15-12(3)14-17-16-13-9-6-5-7-10-18(13)14/h11-12,15H,4-10H2,1-3H3. The highest BCUT2D eigenvalue weighted by molar-refractivity contribution is 5.02. The van der Waals surface area contributed by atoms with Crippen LogP contribution in [0.4, 0.5) is 0 Å². The summed E-state index contributed by atoms with van der Waals surface area (Å²) < 4.78 is 2.34. The van der Waals surface area contributed by atoms with Crippen molar-refractivity contribution in [1.29, 1.82) is 0 Å². The van der Waals surface area contributed by atoms with Gasteiger partial charge in [0.15, 0.2) is 0 Å². The summed E-state index contributed by atoms with van der Waals surface area (Å²) in [5.74, 6) is 2.30. The van der Waals surface area contributed by atoms with Gasteiger partial charge in [-0.15, -0.1) is 10.2 Å². The Morgan fingerprint density at radius 2 is 2.06 bits per heavy atom. The van der Waals surface area contributed by atoms with Crippen molar-refractivity contribution in [3.63, 3.8) is 0 Å². The Hall–Kier alpha value is -0.900. The molecule has 1 N–H and O–H groups in total. The summed E-state index contributed by atoms with van der Waals surface area (Å²) in [7, 11) is 0. The third-order valence-electron chi connectivity index (χ3n) is 3.78. The van der Waals surface area contributed by atoms with Gasteiger partial charge in [0.25, 0.3) is 0 Å². The van der Waals surface area contributed by atoms with Gasteiger partial charge in [-0.25, -0.2) is 0 Å². The monoisotopic (exact) mass is 250 g/mol. The normalized spacial score (nSPS) is 19.1. The Labute approximate surface area is 110 Å². The Morgan fingerprint density at radius 3 is 2.83 bits per heavy atom.